The summed E-state index contributed by atoms with van der Waals surface area (Å²) in [5.74, 6) is -2.38. The van der Waals surface area contributed by atoms with Crippen LogP contribution >= 0.6 is 0 Å². The van der Waals surface area contributed by atoms with Crippen molar-refractivity contribution in [2.24, 2.45) is 5.92 Å². The van der Waals surface area contributed by atoms with Crippen LogP contribution in [0.25, 0.3) is 0 Å². The van der Waals surface area contributed by atoms with Gasteiger partial charge in [-0.2, -0.15) is 0 Å². The van der Waals surface area contributed by atoms with Crippen LogP contribution in [0.15, 0.2) is 48.5 Å². The number of carbonyl (C=O) groups is 5. The summed E-state index contributed by atoms with van der Waals surface area (Å²) < 4.78 is 14.9. The highest BCUT2D eigenvalue weighted by Gasteiger charge is 2.13. The molecule has 0 radical (unpaired) electrons. The second-order valence-electron chi connectivity index (χ2n) is 8.12. The Morgan fingerprint density at radius 2 is 1.19 bits per heavy atom. The number of anilines is 2. The number of nitrogens with one attached hydrogen (secondary N) is 2. The highest BCUT2D eigenvalue weighted by molar-refractivity contribution is 5.96. The SMILES string of the molecule is CCOC(=O)c1ccc(NC(=O)CCC(=O)OCC(=O)Nc2ccc(C(=O)OCC(C)C)cc2)cc1. The molecule has 0 unspecified atom stereocenters. The fraction of sp³-hybridized carbons (Fsp3) is 0.346. The third-order valence-electron chi connectivity index (χ3n) is 4.55. The van der Waals surface area contributed by atoms with Crippen molar-refractivity contribution in [2.45, 2.75) is 33.6 Å². The van der Waals surface area contributed by atoms with Gasteiger partial charge in [0.05, 0.1) is 30.8 Å². The van der Waals surface area contributed by atoms with Crippen molar-refractivity contribution in [3.8, 4) is 0 Å². The lowest BCUT2D eigenvalue weighted by molar-refractivity contribution is -0.147. The molecule has 0 fully saturated rings. The summed E-state index contributed by atoms with van der Waals surface area (Å²) >= 11 is 0. The van der Waals surface area contributed by atoms with Gasteiger partial charge in [0.1, 0.15) is 0 Å². The number of ether oxygens (including phenoxy) is 3. The van der Waals surface area contributed by atoms with Gasteiger partial charge < -0.3 is 24.8 Å². The predicted octanol–water partition coefficient (Wildman–Crippen LogP) is 3.58. The van der Waals surface area contributed by atoms with Gasteiger partial charge in [0.25, 0.3) is 5.91 Å². The molecule has 192 valence electrons. The van der Waals surface area contributed by atoms with Crippen LogP contribution in [-0.2, 0) is 28.6 Å². The van der Waals surface area contributed by atoms with E-state index in [0.29, 0.717) is 29.1 Å². The Morgan fingerprint density at radius 3 is 1.69 bits per heavy atom. The highest BCUT2D eigenvalue weighted by Crippen LogP contribution is 2.13. The zero-order valence-corrected chi connectivity index (χ0v) is 20.5. The number of rotatable bonds is 12. The zero-order valence-electron chi connectivity index (χ0n) is 20.5. The summed E-state index contributed by atoms with van der Waals surface area (Å²) in [7, 11) is 0. The van der Waals surface area contributed by atoms with Gasteiger partial charge in [-0.1, -0.05) is 13.8 Å². The first-order valence-electron chi connectivity index (χ1n) is 11.5. The van der Waals surface area contributed by atoms with E-state index in [2.05, 4.69) is 10.6 Å². The molecule has 0 aliphatic rings. The maximum absolute atomic E-state index is 12.0. The molecule has 2 amide bonds. The van der Waals surface area contributed by atoms with Gasteiger partial charge in [-0.05, 0) is 61.4 Å². The molecule has 0 aromatic heterocycles. The number of amides is 2. The van der Waals surface area contributed by atoms with Crippen LogP contribution < -0.4 is 10.6 Å². The molecule has 2 N–H and O–H groups in total. The van der Waals surface area contributed by atoms with Gasteiger partial charge in [0.15, 0.2) is 6.61 Å². The Kier molecular flexibility index (Phi) is 11.1. The number of esters is 3. The quantitative estimate of drug-likeness (QED) is 0.335. The molecule has 0 bridgehead atoms. The van der Waals surface area contributed by atoms with Crippen LogP contribution in [0.4, 0.5) is 11.4 Å². The molecule has 0 saturated carbocycles. The second-order valence-corrected chi connectivity index (χ2v) is 8.12. The van der Waals surface area contributed by atoms with E-state index >= 15 is 0 Å². The summed E-state index contributed by atoms with van der Waals surface area (Å²) in [6.07, 6.45) is -0.359. The fourth-order valence-corrected chi connectivity index (χ4v) is 2.77. The lowest BCUT2D eigenvalue weighted by atomic mass is 10.2. The van der Waals surface area contributed by atoms with E-state index < -0.39 is 36.3 Å². The number of carbonyl (C=O) groups excluding carboxylic acids is 5. The average Bonchev–Trinajstić information content (AvgIpc) is 2.85. The lowest BCUT2D eigenvalue weighted by Crippen LogP contribution is -2.22. The molecule has 10 nitrogen and oxygen atoms in total. The van der Waals surface area contributed by atoms with Gasteiger partial charge in [0, 0.05) is 17.8 Å². The van der Waals surface area contributed by atoms with Crippen LogP contribution in [0, 0.1) is 5.92 Å². The van der Waals surface area contributed by atoms with Gasteiger partial charge in [-0.15, -0.1) is 0 Å². The van der Waals surface area contributed by atoms with Crippen LogP contribution in [-0.4, -0.2) is 49.5 Å². The molecule has 36 heavy (non-hydrogen) atoms. The summed E-state index contributed by atoms with van der Waals surface area (Å²) in [6.45, 7) is 5.63. The van der Waals surface area contributed by atoms with Crippen LogP contribution in [0.3, 0.4) is 0 Å². The summed E-state index contributed by atoms with van der Waals surface area (Å²) in [5, 5.41) is 5.16. The first-order chi connectivity index (χ1) is 17.2. The van der Waals surface area contributed by atoms with E-state index in [0.717, 1.165) is 0 Å². The Bertz CT molecular complexity index is 1060. The standard InChI is InChI=1S/C26H30N2O8/c1-4-34-25(32)18-5-9-20(10-6-18)27-22(29)13-14-24(31)35-16-23(30)28-21-11-7-19(8-12-21)26(33)36-15-17(2)3/h5-12,17H,4,13-16H2,1-3H3,(H,27,29)(H,28,30). The smallest absolute Gasteiger partial charge is 0.338 e. The van der Waals surface area contributed by atoms with Crippen molar-refractivity contribution in [3.63, 3.8) is 0 Å². The second kappa shape index (κ2) is 14.2. The van der Waals surface area contributed by atoms with Crippen LogP contribution in [0.1, 0.15) is 54.3 Å². The van der Waals surface area contributed by atoms with E-state index in [1.165, 1.54) is 36.4 Å². The first kappa shape index (κ1) is 28.0. The number of hydrogen-bond acceptors (Lipinski definition) is 8. The normalized spacial score (nSPS) is 10.3. The predicted molar refractivity (Wildman–Crippen MR) is 131 cm³/mol. The molecule has 0 saturated heterocycles. The molecule has 2 aromatic carbocycles. The number of benzene rings is 2. The van der Waals surface area contributed by atoms with Gasteiger partial charge in [0.2, 0.25) is 5.91 Å². The first-order valence-corrected chi connectivity index (χ1v) is 11.5. The summed E-state index contributed by atoms with van der Waals surface area (Å²) in [6, 6.07) is 12.3. The Labute approximate surface area is 209 Å². The third kappa shape index (κ3) is 9.96. The molecular weight excluding hydrogens is 468 g/mol. The molecule has 2 aromatic rings. The van der Waals surface area contributed by atoms with Crippen molar-refractivity contribution >= 4 is 41.1 Å². The highest BCUT2D eigenvalue weighted by atomic mass is 16.5. The van der Waals surface area contributed by atoms with E-state index in [9.17, 15) is 24.0 Å². The molecule has 2 rings (SSSR count). The van der Waals surface area contributed by atoms with Crippen molar-refractivity contribution in [1.82, 2.24) is 0 Å². The molecule has 0 atom stereocenters. The van der Waals surface area contributed by atoms with Crippen molar-refractivity contribution in [3.05, 3.63) is 59.7 Å². The fourth-order valence-electron chi connectivity index (χ4n) is 2.77. The Morgan fingerprint density at radius 1 is 0.694 bits per heavy atom. The lowest BCUT2D eigenvalue weighted by Gasteiger charge is -2.09. The van der Waals surface area contributed by atoms with E-state index in [4.69, 9.17) is 14.2 Å². The van der Waals surface area contributed by atoms with Crippen LogP contribution in [0.5, 0.6) is 0 Å². The van der Waals surface area contributed by atoms with Crippen molar-refractivity contribution < 1.29 is 38.2 Å². The van der Waals surface area contributed by atoms with E-state index in [-0.39, 0.29) is 25.4 Å². The monoisotopic (exact) mass is 498 g/mol. The molecular formula is C26H30N2O8. The molecule has 0 spiro atoms. The molecule has 10 heteroatoms. The minimum absolute atomic E-state index is 0.144. The number of hydrogen-bond donors (Lipinski definition) is 2. The zero-order chi connectivity index (χ0) is 26.5. The molecule has 0 heterocycles. The maximum Gasteiger partial charge on any atom is 0.338 e. The minimum atomic E-state index is -0.707. The minimum Gasteiger partial charge on any atom is -0.462 e. The molecule has 0 aliphatic heterocycles. The van der Waals surface area contributed by atoms with E-state index in [1.807, 2.05) is 13.8 Å². The largest absolute Gasteiger partial charge is 0.462 e. The molecule has 0 aliphatic carbocycles. The van der Waals surface area contributed by atoms with E-state index in [1.54, 1.807) is 19.1 Å². The van der Waals surface area contributed by atoms with Gasteiger partial charge in [-0.3, -0.25) is 14.4 Å². The summed E-state index contributed by atoms with van der Waals surface area (Å²) in [4.78, 5) is 59.5. The topological polar surface area (TPSA) is 137 Å². The Hall–Kier alpha value is -4.21. The van der Waals surface area contributed by atoms with Crippen molar-refractivity contribution in [1.29, 1.82) is 0 Å². The Balaban J connectivity index is 1.69. The average molecular weight is 499 g/mol. The van der Waals surface area contributed by atoms with Gasteiger partial charge >= 0.3 is 17.9 Å². The van der Waals surface area contributed by atoms with Gasteiger partial charge in [-0.25, -0.2) is 9.59 Å². The van der Waals surface area contributed by atoms with Crippen LogP contribution in [0.2, 0.25) is 0 Å². The van der Waals surface area contributed by atoms with Crippen molar-refractivity contribution in [2.75, 3.05) is 30.5 Å². The maximum atomic E-state index is 12.0. The summed E-state index contributed by atoms with van der Waals surface area (Å²) in [5.41, 5.74) is 1.59. The third-order valence-corrected chi connectivity index (χ3v) is 4.55.